The molecule has 0 saturated carbocycles. The first kappa shape index (κ1) is 20.5. The molecule has 8 heteroatoms. The molecule has 0 atom stereocenters. The number of hydrogen-bond donors (Lipinski definition) is 0. The largest absolute Gasteiger partial charge is 0.433 e. The summed E-state index contributed by atoms with van der Waals surface area (Å²) >= 11 is 0. The van der Waals surface area contributed by atoms with E-state index in [0.29, 0.717) is 5.56 Å². The summed E-state index contributed by atoms with van der Waals surface area (Å²) in [5.74, 6) is -0.290. The molecule has 5 nitrogen and oxygen atoms in total. The molecule has 0 N–H and O–H groups in total. The van der Waals surface area contributed by atoms with E-state index in [1.54, 1.807) is 24.3 Å². The van der Waals surface area contributed by atoms with Crippen LogP contribution in [-0.2, 0) is 23.9 Å². The topological polar surface area (TPSA) is 69.9 Å². The van der Waals surface area contributed by atoms with Crippen LogP contribution in [0.4, 0.5) is 19.0 Å². The molecule has 1 aliphatic rings. The minimum atomic E-state index is -4.61. The minimum Gasteiger partial charge on any atom is -0.292 e. The van der Waals surface area contributed by atoms with Gasteiger partial charge < -0.3 is 0 Å². The van der Waals surface area contributed by atoms with E-state index in [1.165, 1.54) is 11.8 Å². The maximum absolute atomic E-state index is 13.5. The quantitative estimate of drug-likeness (QED) is 0.607. The number of carbonyl (C=O) groups is 1. The van der Waals surface area contributed by atoms with E-state index < -0.39 is 11.9 Å². The lowest BCUT2D eigenvalue weighted by Gasteiger charge is -2.30. The molecule has 4 rings (SSSR count). The van der Waals surface area contributed by atoms with Crippen molar-refractivity contribution in [1.29, 1.82) is 5.26 Å². The Labute approximate surface area is 176 Å². The summed E-state index contributed by atoms with van der Waals surface area (Å²) in [6.45, 7) is 1.48. The predicted octanol–water partition coefficient (Wildman–Crippen LogP) is 4.82. The maximum atomic E-state index is 13.5. The summed E-state index contributed by atoms with van der Waals surface area (Å²) < 4.78 is 40.4. The molecule has 3 aromatic rings. The molecule has 1 aromatic heterocycles. The van der Waals surface area contributed by atoms with E-state index in [4.69, 9.17) is 0 Å². The Morgan fingerprint density at radius 1 is 1.06 bits per heavy atom. The van der Waals surface area contributed by atoms with Crippen LogP contribution in [0.5, 0.6) is 0 Å². The minimum absolute atomic E-state index is 0.0231. The Kier molecular flexibility index (Phi) is 5.19. The first-order valence-corrected chi connectivity index (χ1v) is 9.61. The number of carbonyl (C=O) groups excluding carboxylic acids is 1. The van der Waals surface area contributed by atoms with Crippen LogP contribution in [-0.4, -0.2) is 15.9 Å². The van der Waals surface area contributed by atoms with E-state index in [0.717, 1.165) is 16.7 Å². The zero-order valence-corrected chi connectivity index (χ0v) is 16.6. The van der Waals surface area contributed by atoms with Gasteiger partial charge in [0.15, 0.2) is 5.69 Å². The average molecular weight is 422 g/mol. The van der Waals surface area contributed by atoms with Crippen LogP contribution in [0.3, 0.4) is 0 Å². The van der Waals surface area contributed by atoms with Crippen molar-refractivity contribution >= 4 is 11.7 Å². The molecule has 0 bridgehead atoms. The second-order valence-corrected chi connectivity index (χ2v) is 7.25. The Bertz CT molecular complexity index is 1200. The molecule has 0 fully saturated rings. The molecular weight excluding hydrogens is 405 g/mol. The summed E-state index contributed by atoms with van der Waals surface area (Å²) in [6, 6.07) is 16.6. The molecule has 0 saturated heterocycles. The summed E-state index contributed by atoms with van der Waals surface area (Å²) in [4.78, 5) is 21.6. The summed E-state index contributed by atoms with van der Waals surface area (Å²) in [5.41, 5.74) is 1.89. The molecule has 1 amide bonds. The van der Waals surface area contributed by atoms with Crippen LogP contribution in [0.2, 0.25) is 0 Å². The second-order valence-electron chi connectivity index (χ2n) is 7.25. The van der Waals surface area contributed by atoms with Crippen molar-refractivity contribution in [2.24, 2.45) is 0 Å². The fraction of sp³-hybridized carbons (Fsp3) is 0.217. The lowest BCUT2D eigenvalue weighted by Crippen LogP contribution is -2.37. The van der Waals surface area contributed by atoms with Crippen molar-refractivity contribution in [2.45, 2.75) is 32.5 Å². The van der Waals surface area contributed by atoms with Crippen molar-refractivity contribution in [3.05, 3.63) is 76.7 Å². The molecule has 2 aromatic carbocycles. The predicted molar refractivity (Wildman–Crippen MR) is 108 cm³/mol. The number of aryl methyl sites for hydroxylation is 1. The highest BCUT2D eigenvalue weighted by Crippen LogP contribution is 2.37. The number of nitriles is 1. The lowest BCUT2D eigenvalue weighted by molar-refractivity contribution is -0.142. The Morgan fingerprint density at radius 3 is 2.45 bits per heavy atom. The molecule has 0 aliphatic carbocycles. The summed E-state index contributed by atoms with van der Waals surface area (Å²) in [6.07, 6.45) is -4.68. The number of halogens is 3. The zero-order valence-electron chi connectivity index (χ0n) is 16.6. The van der Waals surface area contributed by atoms with Gasteiger partial charge in [-0.2, -0.15) is 18.4 Å². The van der Waals surface area contributed by atoms with Crippen molar-refractivity contribution in [1.82, 2.24) is 9.97 Å². The fourth-order valence-corrected chi connectivity index (χ4v) is 3.72. The van der Waals surface area contributed by atoms with Gasteiger partial charge in [-0.25, -0.2) is 9.97 Å². The van der Waals surface area contributed by atoms with Crippen LogP contribution < -0.4 is 4.90 Å². The SMILES string of the molecule is Cc1nc2c(c(C(F)(F)F)n1)CCC(=O)N2Cc1ccc(-c2ccccc2C#N)cc1. The van der Waals surface area contributed by atoms with Crippen LogP contribution >= 0.6 is 0 Å². The lowest BCUT2D eigenvalue weighted by atomic mass is 9.98. The van der Waals surface area contributed by atoms with Gasteiger partial charge in [-0.05, 0) is 36.1 Å². The van der Waals surface area contributed by atoms with E-state index in [2.05, 4.69) is 16.0 Å². The number of amides is 1. The van der Waals surface area contributed by atoms with Gasteiger partial charge in [0.1, 0.15) is 11.6 Å². The van der Waals surface area contributed by atoms with Crippen molar-refractivity contribution in [3.8, 4) is 17.2 Å². The third-order valence-corrected chi connectivity index (χ3v) is 5.16. The van der Waals surface area contributed by atoms with E-state index in [1.807, 2.05) is 24.3 Å². The molecule has 0 unspecified atom stereocenters. The van der Waals surface area contributed by atoms with Crippen molar-refractivity contribution < 1.29 is 18.0 Å². The van der Waals surface area contributed by atoms with Gasteiger partial charge in [0.2, 0.25) is 5.91 Å². The van der Waals surface area contributed by atoms with E-state index in [-0.39, 0.29) is 42.5 Å². The number of rotatable bonds is 3. The normalized spacial score (nSPS) is 13.6. The van der Waals surface area contributed by atoms with E-state index in [9.17, 15) is 23.2 Å². The number of benzene rings is 2. The number of fused-ring (bicyclic) bond motifs is 1. The van der Waals surface area contributed by atoms with Crippen molar-refractivity contribution in [3.63, 3.8) is 0 Å². The molecule has 0 spiro atoms. The third kappa shape index (κ3) is 3.99. The summed E-state index contributed by atoms with van der Waals surface area (Å²) in [5, 5.41) is 9.29. The fourth-order valence-electron chi connectivity index (χ4n) is 3.72. The van der Waals surface area contributed by atoms with Gasteiger partial charge >= 0.3 is 6.18 Å². The first-order valence-electron chi connectivity index (χ1n) is 9.61. The summed E-state index contributed by atoms with van der Waals surface area (Å²) in [7, 11) is 0. The second kappa shape index (κ2) is 7.84. The number of aromatic nitrogens is 2. The first-order chi connectivity index (χ1) is 14.8. The number of hydrogen-bond acceptors (Lipinski definition) is 4. The van der Waals surface area contributed by atoms with Gasteiger partial charge in [-0.3, -0.25) is 9.69 Å². The van der Waals surface area contributed by atoms with E-state index >= 15 is 0 Å². The highest BCUT2D eigenvalue weighted by atomic mass is 19.4. The molecule has 0 radical (unpaired) electrons. The number of alkyl halides is 3. The third-order valence-electron chi connectivity index (χ3n) is 5.16. The van der Waals surface area contributed by atoms with Crippen LogP contribution in [0, 0.1) is 18.3 Å². The Hall–Kier alpha value is -3.73. The molecule has 2 heterocycles. The Morgan fingerprint density at radius 2 is 1.77 bits per heavy atom. The molecular formula is C23H17F3N4O. The van der Waals surface area contributed by atoms with Gasteiger partial charge in [0, 0.05) is 12.0 Å². The standard InChI is InChI=1S/C23H17F3N4O/c1-14-28-21(23(24,25)26)19-10-11-20(31)30(22(19)29-14)13-15-6-8-16(9-7-15)18-5-3-2-4-17(18)12-27/h2-9H,10-11,13H2,1H3. The zero-order chi connectivity index (χ0) is 22.2. The van der Waals surface area contributed by atoms with Crippen LogP contribution in [0.25, 0.3) is 11.1 Å². The maximum Gasteiger partial charge on any atom is 0.433 e. The van der Waals surface area contributed by atoms with Gasteiger partial charge in [-0.15, -0.1) is 0 Å². The van der Waals surface area contributed by atoms with Crippen molar-refractivity contribution in [2.75, 3.05) is 4.90 Å². The van der Waals surface area contributed by atoms with Gasteiger partial charge in [-0.1, -0.05) is 42.5 Å². The highest BCUT2D eigenvalue weighted by Gasteiger charge is 2.40. The smallest absolute Gasteiger partial charge is 0.292 e. The van der Waals surface area contributed by atoms with Crippen LogP contribution in [0.1, 0.15) is 34.6 Å². The number of anilines is 1. The average Bonchev–Trinajstić information content (AvgIpc) is 2.75. The number of nitrogens with zero attached hydrogens (tertiary/aromatic N) is 4. The molecule has 31 heavy (non-hydrogen) atoms. The monoisotopic (exact) mass is 422 g/mol. The van der Waals surface area contributed by atoms with Gasteiger partial charge in [0.05, 0.1) is 18.2 Å². The van der Waals surface area contributed by atoms with Crippen LogP contribution in [0.15, 0.2) is 48.5 Å². The van der Waals surface area contributed by atoms with Gasteiger partial charge in [0.25, 0.3) is 0 Å². The molecule has 1 aliphatic heterocycles. The highest BCUT2D eigenvalue weighted by molar-refractivity contribution is 5.95. The molecule has 156 valence electrons. The Balaban J connectivity index is 1.67.